The molecular weight excluding hydrogens is 785 g/mol. The molecule has 1 saturated heterocycles. The maximum atomic E-state index is 14.1. The van der Waals surface area contributed by atoms with Gasteiger partial charge in [-0.1, -0.05) is 44.2 Å². The van der Waals surface area contributed by atoms with Crippen LogP contribution in [0.2, 0.25) is 0 Å². The maximum Gasteiger partial charge on any atom is 0.243 e. The first-order chi connectivity index (χ1) is 29.2. The number of amides is 8. The molecule has 0 radical (unpaired) electrons. The summed E-state index contributed by atoms with van der Waals surface area (Å²) in [6, 6.07) is 2.73. The lowest BCUT2D eigenvalue weighted by atomic mass is 10.00. The van der Waals surface area contributed by atoms with Gasteiger partial charge in [0.1, 0.15) is 36.3 Å². The van der Waals surface area contributed by atoms with Crippen molar-refractivity contribution in [3.05, 3.63) is 35.9 Å². The molecule has 1 aromatic carbocycles. The molecule has 1 saturated carbocycles. The van der Waals surface area contributed by atoms with Gasteiger partial charge < -0.3 is 54.0 Å². The quantitative estimate of drug-likeness (QED) is 0.0720. The summed E-state index contributed by atoms with van der Waals surface area (Å²) >= 11 is 0. The highest BCUT2D eigenvalue weighted by Gasteiger charge is 2.34. The number of rotatable bonds is 21. The Labute approximate surface area is 359 Å². The van der Waals surface area contributed by atoms with Gasteiger partial charge in [0.05, 0.1) is 6.54 Å². The molecule has 1 aliphatic carbocycles. The highest BCUT2D eigenvalue weighted by Crippen LogP contribution is 2.32. The van der Waals surface area contributed by atoms with Crippen LogP contribution in [0.25, 0.3) is 0 Å². The van der Waals surface area contributed by atoms with E-state index in [1.807, 2.05) is 44.2 Å². The number of carbonyl (C=O) groups is 8. The molecule has 0 spiro atoms. The van der Waals surface area contributed by atoms with E-state index in [9.17, 15) is 38.4 Å². The van der Waals surface area contributed by atoms with Crippen molar-refractivity contribution in [2.75, 3.05) is 26.2 Å². The van der Waals surface area contributed by atoms with Gasteiger partial charge >= 0.3 is 0 Å². The van der Waals surface area contributed by atoms with Crippen LogP contribution in [-0.4, -0.2) is 110 Å². The third-order valence-corrected chi connectivity index (χ3v) is 10.7. The minimum atomic E-state index is -1.14. The average Bonchev–Trinajstić information content (AvgIpc) is 4.04. The second-order valence-corrected chi connectivity index (χ2v) is 16.7. The molecule has 2 aliphatic rings. The lowest BCUT2D eigenvalue weighted by Crippen LogP contribution is -2.60. The van der Waals surface area contributed by atoms with E-state index in [1.54, 1.807) is 6.92 Å². The SMILES string of the molecule is CC(C)C[C@@H]1NC(=O)[C@@H](NC(=O)[C@H](CCCCN)NC(=O)[C@H](CCCCN)NC(=O)[C@H](C)NC(=O)CC2CC2)CCCCNC(=O)CNC(=O)[C@H](Cc2ccccc2)NC1=O. The molecule has 0 bridgehead atoms. The highest BCUT2D eigenvalue weighted by atomic mass is 16.2. The van der Waals surface area contributed by atoms with E-state index in [2.05, 4.69) is 42.5 Å². The number of carbonyl (C=O) groups excluding carboxylic acids is 8. The maximum absolute atomic E-state index is 14.1. The number of hydrogen-bond donors (Lipinski definition) is 10. The summed E-state index contributed by atoms with van der Waals surface area (Å²) < 4.78 is 0. The van der Waals surface area contributed by atoms with Gasteiger partial charge in [0.25, 0.3) is 0 Å². The van der Waals surface area contributed by atoms with Crippen LogP contribution in [0.3, 0.4) is 0 Å². The van der Waals surface area contributed by atoms with Gasteiger partial charge in [-0.15, -0.1) is 0 Å². The van der Waals surface area contributed by atoms with Gasteiger partial charge in [-0.05, 0) is 114 Å². The molecule has 0 unspecified atom stereocenters. The summed E-state index contributed by atoms with van der Waals surface area (Å²) in [5.41, 5.74) is 12.2. The molecule has 3 rings (SSSR count). The smallest absolute Gasteiger partial charge is 0.243 e. The first kappa shape index (κ1) is 50.3. The average molecular weight is 855 g/mol. The third-order valence-electron chi connectivity index (χ3n) is 10.7. The van der Waals surface area contributed by atoms with Crippen LogP contribution in [-0.2, 0) is 44.8 Å². The predicted octanol–water partition coefficient (Wildman–Crippen LogP) is -0.322. The van der Waals surface area contributed by atoms with Crippen molar-refractivity contribution in [3.63, 3.8) is 0 Å². The monoisotopic (exact) mass is 855 g/mol. The van der Waals surface area contributed by atoms with E-state index in [4.69, 9.17) is 11.5 Å². The van der Waals surface area contributed by atoms with Crippen LogP contribution in [0.1, 0.15) is 110 Å². The topological polar surface area (TPSA) is 285 Å². The number of nitrogens with two attached hydrogens (primary N) is 2. The summed E-state index contributed by atoms with van der Waals surface area (Å²) in [4.78, 5) is 108. The van der Waals surface area contributed by atoms with Gasteiger partial charge in [-0.3, -0.25) is 38.4 Å². The molecule has 6 atom stereocenters. The van der Waals surface area contributed by atoms with E-state index in [1.165, 1.54) is 0 Å². The third kappa shape index (κ3) is 19.4. The van der Waals surface area contributed by atoms with E-state index in [0.29, 0.717) is 64.0 Å². The van der Waals surface area contributed by atoms with Crippen molar-refractivity contribution in [2.45, 2.75) is 147 Å². The normalized spacial score (nSPS) is 20.8. The van der Waals surface area contributed by atoms with Crippen LogP contribution in [0.15, 0.2) is 30.3 Å². The molecule has 2 fully saturated rings. The highest BCUT2D eigenvalue weighted by molar-refractivity contribution is 5.97. The van der Waals surface area contributed by atoms with Crippen LogP contribution in [0.4, 0.5) is 0 Å². The van der Waals surface area contributed by atoms with Crippen molar-refractivity contribution >= 4 is 47.3 Å². The second kappa shape index (κ2) is 27.0. The molecule has 0 aromatic heterocycles. The fourth-order valence-electron chi connectivity index (χ4n) is 6.94. The van der Waals surface area contributed by atoms with Crippen molar-refractivity contribution in [1.29, 1.82) is 0 Å². The van der Waals surface area contributed by atoms with E-state index in [0.717, 1.165) is 18.4 Å². The Bertz CT molecular complexity index is 1610. The molecule has 1 heterocycles. The van der Waals surface area contributed by atoms with E-state index in [-0.39, 0.29) is 57.0 Å². The summed E-state index contributed by atoms with van der Waals surface area (Å²) in [5, 5.41) is 22.0. The van der Waals surface area contributed by atoms with Crippen LogP contribution in [0, 0.1) is 11.8 Å². The molecule has 340 valence electrons. The zero-order valence-electron chi connectivity index (χ0n) is 36.2. The first-order valence-corrected chi connectivity index (χ1v) is 22.0. The van der Waals surface area contributed by atoms with Crippen molar-refractivity contribution < 1.29 is 38.4 Å². The fourth-order valence-corrected chi connectivity index (χ4v) is 6.94. The first-order valence-electron chi connectivity index (χ1n) is 22.0. The van der Waals surface area contributed by atoms with Gasteiger partial charge in [-0.2, -0.15) is 0 Å². The van der Waals surface area contributed by atoms with Gasteiger partial charge in [0, 0.05) is 19.4 Å². The summed E-state index contributed by atoms with van der Waals surface area (Å²) in [6.07, 6.45) is 6.14. The van der Waals surface area contributed by atoms with Gasteiger partial charge in [-0.25, -0.2) is 0 Å². The molecule has 12 N–H and O–H groups in total. The zero-order valence-corrected chi connectivity index (χ0v) is 36.2. The number of hydrogen-bond acceptors (Lipinski definition) is 10. The van der Waals surface area contributed by atoms with Crippen LogP contribution in [0.5, 0.6) is 0 Å². The van der Waals surface area contributed by atoms with Crippen LogP contribution < -0.4 is 54.0 Å². The standard InChI is InChI=1S/C43H70N10O8/c1-27(2)23-34-43(61)53-35(24-29-13-5-4-6-14-29)39(57)47-26-37(55)46-22-12-9-17-33(42(60)52-34)51-41(59)32(16-8-11-21-45)50-40(58)31(15-7-10-20-44)49-38(56)28(3)48-36(54)25-30-18-19-30/h4-6,13-14,27-28,30-35H,7-12,15-26,44-45H2,1-3H3,(H,46,55)(H,47,57)(H,48,54)(H,49,56)(H,50,58)(H,51,59)(H,52,60)(H,53,61)/t28-,31-,32-,33-,34-,35-/m0/s1. The van der Waals surface area contributed by atoms with Crippen molar-refractivity contribution in [1.82, 2.24) is 42.5 Å². The minimum absolute atomic E-state index is 0.0535. The molecule has 18 heteroatoms. The molecular formula is C43H70N10O8. The largest absolute Gasteiger partial charge is 0.355 e. The number of benzene rings is 1. The van der Waals surface area contributed by atoms with Gasteiger partial charge in [0.2, 0.25) is 47.3 Å². The minimum Gasteiger partial charge on any atom is -0.355 e. The Kier molecular flexibility index (Phi) is 22.2. The van der Waals surface area contributed by atoms with Crippen LogP contribution >= 0.6 is 0 Å². The summed E-state index contributed by atoms with van der Waals surface area (Å²) in [6.45, 7) is 5.98. The number of nitrogens with one attached hydrogen (secondary N) is 8. The second-order valence-electron chi connectivity index (χ2n) is 16.7. The predicted molar refractivity (Wildman–Crippen MR) is 230 cm³/mol. The Morgan fingerprint density at radius 1 is 0.705 bits per heavy atom. The molecule has 61 heavy (non-hydrogen) atoms. The van der Waals surface area contributed by atoms with Crippen molar-refractivity contribution in [2.24, 2.45) is 23.3 Å². The molecule has 1 aliphatic heterocycles. The van der Waals surface area contributed by atoms with E-state index >= 15 is 0 Å². The van der Waals surface area contributed by atoms with E-state index < -0.39 is 77.6 Å². The Hall–Kier alpha value is -5.10. The summed E-state index contributed by atoms with van der Waals surface area (Å²) in [5.74, 6) is -3.99. The number of unbranched alkanes of at least 4 members (excludes halogenated alkanes) is 2. The summed E-state index contributed by atoms with van der Waals surface area (Å²) in [7, 11) is 0. The lowest BCUT2D eigenvalue weighted by Gasteiger charge is -2.28. The fraction of sp³-hybridized carbons (Fsp3) is 0.674. The Balaban J connectivity index is 1.83. The molecule has 1 aromatic rings. The van der Waals surface area contributed by atoms with Crippen molar-refractivity contribution in [3.8, 4) is 0 Å². The Morgan fingerprint density at radius 3 is 1.95 bits per heavy atom. The lowest BCUT2D eigenvalue weighted by molar-refractivity contribution is -0.136. The molecule has 8 amide bonds. The Morgan fingerprint density at radius 2 is 1.33 bits per heavy atom. The van der Waals surface area contributed by atoms with Gasteiger partial charge in [0.15, 0.2) is 0 Å². The zero-order chi connectivity index (χ0) is 44.7. The molecule has 18 nitrogen and oxygen atoms in total.